The van der Waals surface area contributed by atoms with E-state index in [1.165, 1.54) is 6.66 Å². The fourth-order valence-electron chi connectivity index (χ4n) is 2.41. The molecule has 2 saturated heterocycles. The summed E-state index contributed by atoms with van der Waals surface area (Å²) in [5.41, 5.74) is -0.680. The summed E-state index contributed by atoms with van der Waals surface area (Å²) in [7, 11) is -1.26. The molecule has 0 aromatic heterocycles. The summed E-state index contributed by atoms with van der Waals surface area (Å²) in [5, 5.41) is 0. The van der Waals surface area contributed by atoms with Crippen LogP contribution in [0.1, 0.15) is 13.3 Å². The molecule has 2 aliphatic heterocycles. The lowest BCUT2D eigenvalue weighted by Gasteiger charge is -2.30. The van der Waals surface area contributed by atoms with Crippen LogP contribution in [0.5, 0.6) is 0 Å². The van der Waals surface area contributed by atoms with Gasteiger partial charge in [-0.15, -0.1) is 0 Å². The van der Waals surface area contributed by atoms with E-state index in [-0.39, 0.29) is 19.1 Å². The van der Waals surface area contributed by atoms with E-state index in [0.717, 1.165) is 0 Å². The van der Waals surface area contributed by atoms with Gasteiger partial charge in [0.15, 0.2) is 0 Å². The smallest absolute Gasteiger partial charge is 0.327 e. The summed E-state index contributed by atoms with van der Waals surface area (Å²) in [6.45, 7) is 3.68. The predicted octanol–water partition coefficient (Wildman–Crippen LogP) is 0.949. The van der Waals surface area contributed by atoms with Crippen molar-refractivity contribution in [3.05, 3.63) is 0 Å². The maximum atomic E-state index is 13.8. The zero-order valence-electron chi connectivity index (χ0n) is 9.81. The zero-order valence-corrected chi connectivity index (χ0v) is 10.7. The molecule has 2 aliphatic rings. The maximum Gasteiger partial charge on any atom is 0.327 e. The highest BCUT2D eigenvalue weighted by molar-refractivity contribution is 7.52. The summed E-state index contributed by atoms with van der Waals surface area (Å²) < 4.78 is 41.5. The van der Waals surface area contributed by atoms with Gasteiger partial charge in [0.1, 0.15) is 14.0 Å². The van der Waals surface area contributed by atoms with Crippen molar-refractivity contribution in [1.82, 2.24) is 0 Å². The summed E-state index contributed by atoms with van der Waals surface area (Å²) in [6, 6.07) is -0.437. The lowest BCUT2D eigenvalue weighted by Crippen LogP contribution is -2.40. The van der Waals surface area contributed by atoms with Gasteiger partial charge in [-0.3, -0.25) is 4.57 Å². The van der Waals surface area contributed by atoms with Crippen LogP contribution >= 0.6 is 7.60 Å². The van der Waals surface area contributed by atoms with Crippen LogP contribution in [0.3, 0.4) is 0 Å². The van der Waals surface area contributed by atoms with Gasteiger partial charge in [-0.2, -0.15) is 0 Å². The van der Waals surface area contributed by atoms with Crippen molar-refractivity contribution >= 4 is 15.4 Å². The molecule has 16 heavy (non-hydrogen) atoms. The van der Waals surface area contributed by atoms with Gasteiger partial charge < -0.3 is 13.8 Å². The van der Waals surface area contributed by atoms with E-state index in [9.17, 15) is 8.96 Å². The van der Waals surface area contributed by atoms with Crippen LogP contribution in [0.4, 0.5) is 4.39 Å². The molecule has 0 radical (unpaired) electrons. The van der Waals surface area contributed by atoms with Crippen LogP contribution < -0.4 is 0 Å². The van der Waals surface area contributed by atoms with Gasteiger partial charge in [0.25, 0.3) is 0 Å². The van der Waals surface area contributed by atoms with Crippen molar-refractivity contribution in [2.45, 2.75) is 31.1 Å². The van der Waals surface area contributed by atoms with Crippen molar-refractivity contribution < 1.29 is 22.7 Å². The minimum atomic E-state index is -2.98. The van der Waals surface area contributed by atoms with Crippen molar-refractivity contribution in [2.75, 3.05) is 19.9 Å². The topological polar surface area (TPSA) is 44.8 Å². The molecule has 7 heteroatoms. The quantitative estimate of drug-likeness (QED) is 0.474. The minimum absolute atomic E-state index is 0.146. The Morgan fingerprint density at radius 1 is 1.50 bits per heavy atom. The molecule has 0 amide bonds. The van der Waals surface area contributed by atoms with E-state index in [4.69, 9.17) is 13.8 Å². The van der Waals surface area contributed by atoms with Crippen molar-refractivity contribution in [3.63, 3.8) is 0 Å². The van der Waals surface area contributed by atoms with Crippen LogP contribution in [0.2, 0.25) is 0 Å². The Bertz CT molecular complexity index is 329. The standard InChI is InChI=1S/C9H17BFO4P/c1-6-7(11)8(10)15-9(6)3-4-13-16(2,12)14-5-9/h6-8H,3-5,10H2,1-2H3/t6-,7?,8-,9-,16?/m1/s1. The molecular formula is C9H17BFO4P. The third-order valence-corrected chi connectivity index (χ3v) is 4.82. The second-order valence-corrected chi connectivity index (χ2v) is 6.81. The van der Waals surface area contributed by atoms with Crippen LogP contribution in [-0.4, -0.2) is 45.5 Å². The molecule has 2 unspecified atom stereocenters. The fraction of sp³-hybridized carbons (Fsp3) is 1.00. The van der Waals surface area contributed by atoms with E-state index in [0.29, 0.717) is 6.42 Å². The maximum absolute atomic E-state index is 13.8. The number of halogens is 1. The van der Waals surface area contributed by atoms with Gasteiger partial charge in [-0.25, -0.2) is 4.39 Å². The molecule has 0 bridgehead atoms. The molecule has 2 heterocycles. The Balaban J connectivity index is 2.17. The molecule has 1 spiro atoms. The van der Waals surface area contributed by atoms with E-state index in [2.05, 4.69) is 0 Å². The first-order valence-electron chi connectivity index (χ1n) is 5.55. The van der Waals surface area contributed by atoms with Gasteiger partial charge in [-0.05, 0) is 0 Å². The third-order valence-electron chi connectivity index (χ3n) is 3.57. The number of ether oxygens (including phenoxy) is 1. The highest BCUT2D eigenvalue weighted by atomic mass is 31.2. The molecule has 0 aliphatic carbocycles. The number of hydrogen-bond donors (Lipinski definition) is 0. The van der Waals surface area contributed by atoms with Crippen LogP contribution in [0.25, 0.3) is 0 Å². The van der Waals surface area contributed by atoms with Crippen molar-refractivity contribution in [2.24, 2.45) is 5.92 Å². The van der Waals surface area contributed by atoms with Gasteiger partial charge in [-0.1, -0.05) is 6.92 Å². The SMILES string of the molecule is B[C@@H]1O[C@@]2(CCOP(C)(=O)OC2)[C@H](C)C1F. The Morgan fingerprint density at radius 2 is 2.19 bits per heavy atom. The molecule has 4 nitrogen and oxygen atoms in total. The van der Waals surface area contributed by atoms with Gasteiger partial charge in [0.05, 0.1) is 24.8 Å². The molecule has 0 aromatic rings. The average molecular weight is 250 g/mol. The van der Waals surface area contributed by atoms with Gasteiger partial charge in [0.2, 0.25) is 0 Å². The average Bonchev–Trinajstić information content (AvgIpc) is 2.37. The van der Waals surface area contributed by atoms with E-state index >= 15 is 0 Å². The first-order chi connectivity index (χ1) is 7.36. The molecule has 5 atom stereocenters. The summed E-state index contributed by atoms with van der Waals surface area (Å²) in [5.74, 6) is -0.260. The Labute approximate surface area is 95.8 Å². The van der Waals surface area contributed by atoms with E-state index in [1.54, 1.807) is 7.85 Å². The van der Waals surface area contributed by atoms with Gasteiger partial charge >= 0.3 is 7.60 Å². The molecule has 0 aromatic carbocycles. The van der Waals surface area contributed by atoms with Crippen molar-refractivity contribution in [3.8, 4) is 0 Å². The normalized spacial score (nSPS) is 54.1. The molecule has 2 fully saturated rings. The van der Waals surface area contributed by atoms with Crippen LogP contribution in [-0.2, 0) is 18.3 Å². The molecule has 0 N–H and O–H groups in total. The first kappa shape index (κ1) is 12.6. The zero-order chi connectivity index (χ0) is 12.0. The highest BCUT2D eigenvalue weighted by Crippen LogP contribution is 2.51. The molecular weight excluding hydrogens is 233 g/mol. The Morgan fingerprint density at radius 3 is 2.75 bits per heavy atom. The first-order valence-corrected chi connectivity index (χ1v) is 7.54. The van der Waals surface area contributed by atoms with Crippen LogP contribution in [0, 0.1) is 5.92 Å². The monoisotopic (exact) mass is 250 g/mol. The van der Waals surface area contributed by atoms with E-state index < -0.39 is 25.4 Å². The number of alkyl halides is 1. The lowest BCUT2D eigenvalue weighted by atomic mass is 9.82. The second kappa shape index (κ2) is 4.09. The van der Waals surface area contributed by atoms with Crippen molar-refractivity contribution in [1.29, 1.82) is 0 Å². The van der Waals surface area contributed by atoms with Gasteiger partial charge in [0, 0.05) is 19.0 Å². The number of rotatable bonds is 0. The lowest BCUT2D eigenvalue weighted by molar-refractivity contribution is -0.0627. The summed E-state index contributed by atoms with van der Waals surface area (Å²) in [6.07, 6.45) is -0.477. The summed E-state index contributed by atoms with van der Waals surface area (Å²) >= 11 is 0. The molecule has 2 rings (SSSR count). The highest BCUT2D eigenvalue weighted by Gasteiger charge is 2.53. The third kappa shape index (κ3) is 2.08. The minimum Gasteiger partial charge on any atom is -0.375 e. The fourth-order valence-corrected chi connectivity index (χ4v) is 3.36. The number of hydrogen-bond acceptors (Lipinski definition) is 4. The van der Waals surface area contributed by atoms with E-state index in [1.807, 2.05) is 6.92 Å². The Kier molecular flexibility index (Phi) is 3.21. The molecule has 0 saturated carbocycles. The van der Waals surface area contributed by atoms with Crippen LogP contribution in [0.15, 0.2) is 0 Å². The predicted molar refractivity (Wildman–Crippen MR) is 60.3 cm³/mol. The Hall–Kier alpha value is 0.105. The largest absolute Gasteiger partial charge is 0.375 e. The second-order valence-electron chi connectivity index (χ2n) is 4.75. The molecule has 92 valence electrons. The summed E-state index contributed by atoms with van der Waals surface area (Å²) in [4.78, 5) is 0.